The predicted octanol–water partition coefficient (Wildman–Crippen LogP) is 2.89. The van der Waals surface area contributed by atoms with Gasteiger partial charge in [0.2, 0.25) is 0 Å². The Morgan fingerprint density at radius 2 is 2.19 bits per heavy atom. The monoisotopic (exact) mass is 238 g/mol. The van der Waals surface area contributed by atoms with Gasteiger partial charge in [0, 0.05) is 5.56 Å². The molecule has 1 heterocycles. The summed E-state index contributed by atoms with van der Waals surface area (Å²) in [5, 5.41) is 0.523. The predicted molar refractivity (Wildman–Crippen MR) is 62.7 cm³/mol. The Bertz CT molecular complexity index is 523. The van der Waals surface area contributed by atoms with Crippen LogP contribution in [-0.2, 0) is 0 Å². The Morgan fingerprint density at radius 3 is 2.69 bits per heavy atom. The molecular weight excluding hydrogens is 228 g/mol. The second kappa shape index (κ2) is 4.06. The maximum atomic E-state index is 6.02. The molecule has 4 nitrogen and oxygen atoms in total. The first-order chi connectivity index (χ1) is 7.61. The number of nitrogens with two attached hydrogens (primary N) is 1. The maximum Gasteiger partial charge on any atom is 0.292 e. The number of ether oxygens (including phenoxy) is 1. The number of aromatic nitrogens is 1. The first-order valence-electron chi connectivity index (χ1n) is 4.68. The molecule has 2 rings (SSSR count). The van der Waals surface area contributed by atoms with E-state index in [4.69, 9.17) is 26.5 Å². The minimum atomic E-state index is 0.152. The number of nitrogen functional groups attached to an aromatic ring is 1. The zero-order chi connectivity index (χ0) is 11.7. The van der Waals surface area contributed by atoms with E-state index in [0.717, 1.165) is 11.3 Å². The van der Waals surface area contributed by atoms with Gasteiger partial charge in [-0.25, -0.2) is 0 Å². The van der Waals surface area contributed by atoms with Crippen LogP contribution in [0, 0.1) is 6.92 Å². The molecule has 0 aliphatic heterocycles. The lowest BCUT2D eigenvalue weighted by molar-refractivity contribution is 0.415. The minimum absolute atomic E-state index is 0.152. The lowest BCUT2D eigenvalue weighted by atomic mass is 10.1. The number of nitrogens with zero attached hydrogens (tertiary/aromatic N) is 1. The molecule has 0 aliphatic rings. The molecule has 5 heteroatoms. The molecule has 2 aromatic rings. The van der Waals surface area contributed by atoms with E-state index in [9.17, 15) is 0 Å². The largest absolute Gasteiger partial charge is 0.495 e. The summed E-state index contributed by atoms with van der Waals surface area (Å²) in [6, 6.07) is 5.53. The average molecular weight is 239 g/mol. The number of rotatable bonds is 2. The minimum Gasteiger partial charge on any atom is -0.495 e. The van der Waals surface area contributed by atoms with Crippen molar-refractivity contribution in [3.63, 3.8) is 0 Å². The van der Waals surface area contributed by atoms with E-state index >= 15 is 0 Å². The Hall–Kier alpha value is -1.68. The standard InChI is InChI=1S/C11H11ClN2O2/c1-6-10(16-11(13)14-6)7-3-4-9(15-2)8(12)5-7/h3-5H,1-2H3,(H2,13,14). The van der Waals surface area contributed by atoms with Crippen molar-refractivity contribution in [3.05, 3.63) is 28.9 Å². The van der Waals surface area contributed by atoms with Gasteiger partial charge in [0.05, 0.1) is 17.8 Å². The van der Waals surface area contributed by atoms with Crippen LogP contribution in [0.25, 0.3) is 11.3 Å². The molecule has 0 saturated carbocycles. The zero-order valence-electron chi connectivity index (χ0n) is 8.95. The molecule has 0 unspecified atom stereocenters. The number of halogens is 1. The van der Waals surface area contributed by atoms with Crippen LogP contribution >= 0.6 is 11.6 Å². The molecule has 0 aliphatic carbocycles. The molecule has 0 saturated heterocycles. The van der Waals surface area contributed by atoms with Gasteiger partial charge >= 0.3 is 0 Å². The van der Waals surface area contributed by atoms with Crippen LogP contribution in [0.1, 0.15) is 5.69 Å². The second-order valence-electron chi connectivity index (χ2n) is 3.32. The average Bonchev–Trinajstić information content (AvgIpc) is 2.58. The number of hydrogen-bond acceptors (Lipinski definition) is 4. The molecule has 0 bridgehead atoms. The van der Waals surface area contributed by atoms with Crippen LogP contribution < -0.4 is 10.5 Å². The van der Waals surface area contributed by atoms with Gasteiger partial charge in [-0.05, 0) is 25.1 Å². The Kier molecular flexibility index (Phi) is 2.75. The van der Waals surface area contributed by atoms with Crippen LogP contribution in [0.5, 0.6) is 5.75 Å². The van der Waals surface area contributed by atoms with E-state index < -0.39 is 0 Å². The van der Waals surface area contributed by atoms with E-state index in [0.29, 0.717) is 16.5 Å². The van der Waals surface area contributed by atoms with Crippen LogP contribution in [-0.4, -0.2) is 12.1 Å². The van der Waals surface area contributed by atoms with Gasteiger partial charge in [0.1, 0.15) is 5.75 Å². The normalized spacial score (nSPS) is 10.4. The number of benzene rings is 1. The number of oxazole rings is 1. The van der Waals surface area contributed by atoms with Crippen molar-refractivity contribution in [2.75, 3.05) is 12.8 Å². The number of aryl methyl sites for hydroxylation is 1. The molecule has 84 valence electrons. The Labute approximate surface area is 98.0 Å². The third-order valence-corrected chi connectivity index (χ3v) is 2.52. The van der Waals surface area contributed by atoms with Gasteiger partial charge in [-0.15, -0.1) is 0 Å². The second-order valence-corrected chi connectivity index (χ2v) is 3.72. The van der Waals surface area contributed by atoms with Crippen molar-refractivity contribution in [2.45, 2.75) is 6.92 Å². The quantitative estimate of drug-likeness (QED) is 0.874. The molecule has 2 N–H and O–H groups in total. The first kappa shape index (κ1) is 10.8. The number of anilines is 1. The molecule has 0 fully saturated rings. The summed E-state index contributed by atoms with van der Waals surface area (Å²) in [5.74, 6) is 1.25. The van der Waals surface area contributed by atoms with Crippen LogP contribution in [0.3, 0.4) is 0 Å². The van der Waals surface area contributed by atoms with Crippen molar-refractivity contribution in [3.8, 4) is 17.1 Å². The molecule has 0 radical (unpaired) electrons. The van der Waals surface area contributed by atoms with Crippen molar-refractivity contribution in [1.82, 2.24) is 4.98 Å². The van der Waals surface area contributed by atoms with Crippen LogP contribution in [0.2, 0.25) is 5.02 Å². The van der Waals surface area contributed by atoms with Gasteiger partial charge in [-0.2, -0.15) is 4.98 Å². The maximum absolute atomic E-state index is 6.02. The molecular formula is C11H11ClN2O2. The Morgan fingerprint density at radius 1 is 1.44 bits per heavy atom. The summed E-state index contributed by atoms with van der Waals surface area (Å²) in [7, 11) is 1.57. The van der Waals surface area contributed by atoms with Gasteiger partial charge in [-0.1, -0.05) is 11.6 Å². The summed E-state index contributed by atoms with van der Waals surface area (Å²) in [5.41, 5.74) is 7.04. The number of methoxy groups -OCH3 is 1. The third kappa shape index (κ3) is 1.84. The van der Waals surface area contributed by atoms with Crippen molar-refractivity contribution >= 4 is 17.6 Å². The molecule has 1 aromatic heterocycles. The highest BCUT2D eigenvalue weighted by Crippen LogP contribution is 2.32. The van der Waals surface area contributed by atoms with E-state index in [1.54, 1.807) is 19.2 Å². The lowest BCUT2D eigenvalue weighted by Crippen LogP contribution is -1.85. The molecule has 0 amide bonds. The highest BCUT2D eigenvalue weighted by Gasteiger charge is 2.11. The van der Waals surface area contributed by atoms with Gasteiger partial charge in [0.25, 0.3) is 6.01 Å². The van der Waals surface area contributed by atoms with Gasteiger partial charge < -0.3 is 14.9 Å². The van der Waals surface area contributed by atoms with E-state index in [-0.39, 0.29) is 6.01 Å². The highest BCUT2D eigenvalue weighted by atomic mass is 35.5. The summed E-state index contributed by atoms with van der Waals surface area (Å²) >= 11 is 6.02. The van der Waals surface area contributed by atoms with E-state index in [2.05, 4.69) is 4.98 Å². The van der Waals surface area contributed by atoms with Crippen molar-refractivity contribution < 1.29 is 9.15 Å². The lowest BCUT2D eigenvalue weighted by Gasteiger charge is -2.04. The molecule has 0 spiro atoms. The fraction of sp³-hybridized carbons (Fsp3) is 0.182. The van der Waals surface area contributed by atoms with Gasteiger partial charge in [-0.3, -0.25) is 0 Å². The Balaban J connectivity index is 2.49. The van der Waals surface area contributed by atoms with Crippen molar-refractivity contribution in [2.24, 2.45) is 0 Å². The SMILES string of the molecule is COc1ccc(-c2oc(N)nc2C)cc1Cl. The summed E-state index contributed by atoms with van der Waals surface area (Å²) in [4.78, 5) is 4.00. The summed E-state index contributed by atoms with van der Waals surface area (Å²) in [6.45, 7) is 1.83. The van der Waals surface area contributed by atoms with Crippen LogP contribution in [0.4, 0.5) is 6.01 Å². The summed E-state index contributed by atoms with van der Waals surface area (Å²) in [6.07, 6.45) is 0. The third-order valence-electron chi connectivity index (χ3n) is 2.23. The molecule has 1 aromatic carbocycles. The van der Waals surface area contributed by atoms with E-state index in [1.807, 2.05) is 13.0 Å². The first-order valence-corrected chi connectivity index (χ1v) is 5.06. The van der Waals surface area contributed by atoms with Crippen molar-refractivity contribution in [1.29, 1.82) is 0 Å². The molecule has 0 atom stereocenters. The highest BCUT2D eigenvalue weighted by molar-refractivity contribution is 6.32. The summed E-state index contributed by atoms with van der Waals surface area (Å²) < 4.78 is 10.4. The van der Waals surface area contributed by atoms with Crippen LogP contribution in [0.15, 0.2) is 22.6 Å². The fourth-order valence-electron chi connectivity index (χ4n) is 1.49. The van der Waals surface area contributed by atoms with E-state index in [1.165, 1.54) is 0 Å². The van der Waals surface area contributed by atoms with Gasteiger partial charge in [0.15, 0.2) is 5.76 Å². The fourth-order valence-corrected chi connectivity index (χ4v) is 1.75. The smallest absolute Gasteiger partial charge is 0.292 e. The number of hydrogen-bond donors (Lipinski definition) is 1. The molecule has 16 heavy (non-hydrogen) atoms. The topological polar surface area (TPSA) is 61.3 Å². The zero-order valence-corrected chi connectivity index (χ0v) is 9.71.